The van der Waals surface area contributed by atoms with Gasteiger partial charge in [0, 0.05) is 51.3 Å². The molecule has 180 valence electrons. The number of rotatable bonds is 5. The van der Waals surface area contributed by atoms with Crippen LogP contribution in [-0.2, 0) is 9.53 Å². The first-order valence-electron chi connectivity index (χ1n) is 12.3. The van der Waals surface area contributed by atoms with E-state index in [0.717, 1.165) is 56.8 Å². The highest BCUT2D eigenvalue weighted by Gasteiger charge is 2.53. The van der Waals surface area contributed by atoms with E-state index < -0.39 is 11.7 Å². The van der Waals surface area contributed by atoms with Gasteiger partial charge in [0.25, 0.3) is 0 Å². The van der Waals surface area contributed by atoms with Crippen LogP contribution in [0, 0.1) is 35.9 Å². The molecule has 6 atom stereocenters. The molecule has 0 aromatic heterocycles. The Balaban J connectivity index is 1.40. The molecular formula is C27H37FN2O3. The smallest absolute Gasteiger partial charge is 0.303 e. The molecule has 2 aliphatic carbocycles. The second kappa shape index (κ2) is 9.75. The van der Waals surface area contributed by atoms with Gasteiger partial charge in [-0.1, -0.05) is 19.9 Å². The lowest BCUT2D eigenvalue weighted by Gasteiger charge is -2.53. The van der Waals surface area contributed by atoms with E-state index in [1.807, 2.05) is 19.1 Å². The number of hydrogen-bond acceptors (Lipinski definition) is 5. The van der Waals surface area contributed by atoms with Gasteiger partial charge in [-0.05, 0) is 67.4 Å². The highest BCUT2D eigenvalue weighted by molar-refractivity contribution is 5.66. The number of fused-ring (bicyclic) bond motifs is 1. The van der Waals surface area contributed by atoms with Crippen LogP contribution in [0.3, 0.4) is 0 Å². The van der Waals surface area contributed by atoms with Gasteiger partial charge in [0.2, 0.25) is 0 Å². The topological polar surface area (TPSA) is 53.0 Å². The fraction of sp³-hybridized carbons (Fsp3) is 0.630. The Hall–Kier alpha value is -1.92. The molecule has 1 aromatic carbocycles. The first kappa shape index (κ1) is 24.2. The molecule has 33 heavy (non-hydrogen) atoms. The number of anilines is 1. The maximum Gasteiger partial charge on any atom is 0.303 e. The Kier molecular flexibility index (Phi) is 7.15. The summed E-state index contributed by atoms with van der Waals surface area (Å²) in [4.78, 5) is 16.4. The van der Waals surface area contributed by atoms with Crippen LogP contribution in [0.5, 0.6) is 0 Å². The molecule has 1 aliphatic heterocycles. The van der Waals surface area contributed by atoms with E-state index in [-0.39, 0.29) is 23.6 Å². The molecule has 3 aliphatic rings. The van der Waals surface area contributed by atoms with Crippen LogP contribution in [0.15, 0.2) is 35.9 Å². The SMILES string of the molecule is CC(=O)O[C@@H]1[C][C@@]2(O)[C@H](C)CC[C@@H]([C@H](C)CN3CCN(c4ccc(F)cc4)CC3)[C@H]2C=C1C. The molecule has 1 aromatic rings. The van der Waals surface area contributed by atoms with Crippen molar-refractivity contribution < 1.29 is 19.0 Å². The summed E-state index contributed by atoms with van der Waals surface area (Å²) in [6, 6.07) is 6.75. The van der Waals surface area contributed by atoms with E-state index in [4.69, 9.17) is 4.74 Å². The minimum absolute atomic E-state index is 0.0106. The van der Waals surface area contributed by atoms with E-state index in [9.17, 15) is 14.3 Å². The summed E-state index contributed by atoms with van der Waals surface area (Å²) in [5.41, 5.74) is 0.962. The van der Waals surface area contributed by atoms with Crippen molar-refractivity contribution in [3.05, 3.63) is 48.2 Å². The molecule has 4 rings (SSSR count). The highest BCUT2D eigenvalue weighted by Crippen LogP contribution is 2.50. The van der Waals surface area contributed by atoms with Crippen LogP contribution in [0.25, 0.3) is 0 Å². The van der Waals surface area contributed by atoms with Crippen molar-refractivity contribution in [2.24, 2.45) is 23.7 Å². The molecule has 2 fully saturated rings. The maximum atomic E-state index is 13.2. The van der Waals surface area contributed by atoms with Crippen molar-refractivity contribution in [3.8, 4) is 0 Å². The van der Waals surface area contributed by atoms with Gasteiger partial charge in [-0.3, -0.25) is 9.69 Å². The second-order valence-electron chi connectivity index (χ2n) is 10.3. The first-order valence-corrected chi connectivity index (χ1v) is 12.3. The van der Waals surface area contributed by atoms with Gasteiger partial charge in [-0.2, -0.15) is 0 Å². The van der Waals surface area contributed by atoms with Gasteiger partial charge in [0.1, 0.15) is 11.9 Å². The standard InChI is InChI=1S/C27H37FN2O3/c1-18-15-25-24(10-5-20(3)27(25,32)16-26(18)33-21(4)31)19(2)17-29-11-13-30(14-12-29)23-8-6-22(28)7-9-23/h6-9,15,19-20,24-26,32H,5,10-14,17H2,1-4H3/t19-,20-,24+,25-,26-,27-/m1/s1. The first-order chi connectivity index (χ1) is 15.7. The molecule has 1 saturated heterocycles. The number of carbonyl (C=O) groups is 1. The van der Waals surface area contributed by atoms with Crippen molar-refractivity contribution in [1.29, 1.82) is 0 Å². The monoisotopic (exact) mass is 456 g/mol. The van der Waals surface area contributed by atoms with E-state index in [2.05, 4.69) is 36.1 Å². The number of esters is 1. The van der Waals surface area contributed by atoms with Crippen molar-refractivity contribution in [2.45, 2.75) is 52.2 Å². The molecule has 5 nitrogen and oxygen atoms in total. The second-order valence-corrected chi connectivity index (χ2v) is 10.3. The molecule has 1 heterocycles. The molecule has 2 radical (unpaired) electrons. The van der Waals surface area contributed by atoms with Crippen LogP contribution in [0.1, 0.15) is 40.5 Å². The van der Waals surface area contributed by atoms with E-state index >= 15 is 0 Å². The zero-order valence-electron chi connectivity index (χ0n) is 20.3. The summed E-state index contributed by atoms with van der Waals surface area (Å²) in [5, 5.41) is 11.7. The molecule has 0 bridgehead atoms. The van der Waals surface area contributed by atoms with Crippen LogP contribution >= 0.6 is 0 Å². The number of ether oxygens (including phenoxy) is 1. The van der Waals surface area contributed by atoms with Gasteiger partial charge in [-0.25, -0.2) is 4.39 Å². The molecule has 1 saturated carbocycles. The third kappa shape index (κ3) is 5.12. The lowest BCUT2D eigenvalue weighted by molar-refractivity contribution is -0.148. The summed E-state index contributed by atoms with van der Waals surface area (Å²) in [6.45, 7) is 12.5. The average molecular weight is 457 g/mol. The quantitative estimate of drug-likeness (QED) is 0.537. The fourth-order valence-corrected chi connectivity index (χ4v) is 5.99. The van der Waals surface area contributed by atoms with Crippen molar-refractivity contribution in [2.75, 3.05) is 37.6 Å². The van der Waals surface area contributed by atoms with Gasteiger partial charge < -0.3 is 14.7 Å². The summed E-state index contributed by atoms with van der Waals surface area (Å²) < 4.78 is 18.7. The minimum atomic E-state index is -1.07. The van der Waals surface area contributed by atoms with E-state index in [1.54, 1.807) is 0 Å². The van der Waals surface area contributed by atoms with Gasteiger partial charge >= 0.3 is 5.97 Å². The molecule has 0 unspecified atom stereocenters. The Morgan fingerprint density at radius 1 is 1.24 bits per heavy atom. The van der Waals surface area contributed by atoms with Crippen LogP contribution < -0.4 is 4.90 Å². The number of benzene rings is 1. The number of carbonyl (C=O) groups excluding carboxylic acids is 1. The molecule has 6 heteroatoms. The number of piperazine rings is 1. The molecule has 0 amide bonds. The number of hydrogen-bond donors (Lipinski definition) is 1. The largest absolute Gasteiger partial charge is 0.457 e. The minimum Gasteiger partial charge on any atom is -0.457 e. The maximum absolute atomic E-state index is 13.2. The predicted octanol–water partition coefficient (Wildman–Crippen LogP) is 3.95. The fourth-order valence-electron chi connectivity index (χ4n) is 5.99. The number of aliphatic hydroxyl groups is 1. The molecular weight excluding hydrogens is 419 g/mol. The molecule has 1 N–H and O–H groups in total. The highest BCUT2D eigenvalue weighted by atomic mass is 19.1. The normalized spacial score (nSPS) is 33.8. The van der Waals surface area contributed by atoms with Crippen LogP contribution in [-0.4, -0.2) is 60.4 Å². The van der Waals surface area contributed by atoms with Crippen molar-refractivity contribution in [3.63, 3.8) is 0 Å². The Bertz CT molecular complexity index is 865. The Morgan fingerprint density at radius 3 is 2.55 bits per heavy atom. The van der Waals surface area contributed by atoms with Crippen molar-refractivity contribution in [1.82, 2.24) is 4.90 Å². The van der Waals surface area contributed by atoms with Crippen LogP contribution in [0.4, 0.5) is 10.1 Å². The zero-order valence-corrected chi connectivity index (χ0v) is 20.3. The van der Waals surface area contributed by atoms with Gasteiger partial charge in [-0.15, -0.1) is 0 Å². The summed E-state index contributed by atoms with van der Waals surface area (Å²) in [5.74, 6) is 0.282. The third-order valence-corrected chi connectivity index (χ3v) is 8.00. The summed E-state index contributed by atoms with van der Waals surface area (Å²) in [6.07, 6.45) is 6.87. The number of halogens is 1. The van der Waals surface area contributed by atoms with E-state index in [0.29, 0.717) is 11.8 Å². The lowest BCUT2D eigenvalue weighted by atomic mass is 9.57. The number of nitrogens with zero attached hydrogens (tertiary/aromatic N) is 2. The Morgan fingerprint density at radius 2 is 1.91 bits per heavy atom. The average Bonchev–Trinajstić information content (AvgIpc) is 2.77. The van der Waals surface area contributed by atoms with Crippen molar-refractivity contribution >= 4 is 11.7 Å². The summed E-state index contributed by atoms with van der Waals surface area (Å²) >= 11 is 0. The van der Waals surface area contributed by atoms with E-state index in [1.165, 1.54) is 19.1 Å². The summed E-state index contributed by atoms with van der Waals surface area (Å²) in [7, 11) is 0. The van der Waals surface area contributed by atoms with Crippen LogP contribution in [0.2, 0.25) is 0 Å². The molecule has 0 spiro atoms. The van der Waals surface area contributed by atoms with Gasteiger partial charge in [0.15, 0.2) is 0 Å². The van der Waals surface area contributed by atoms with Gasteiger partial charge in [0.05, 0.1) is 12.0 Å². The Labute approximate surface area is 197 Å². The predicted molar refractivity (Wildman–Crippen MR) is 127 cm³/mol. The zero-order chi connectivity index (χ0) is 23.8. The lowest BCUT2D eigenvalue weighted by Crippen LogP contribution is -2.57. The third-order valence-electron chi connectivity index (χ3n) is 8.00.